The molecule has 0 aliphatic rings. The number of hydrogen-bond acceptors (Lipinski definition) is 4. The minimum Gasteiger partial charge on any atom is -0.508 e. The van der Waals surface area contributed by atoms with Gasteiger partial charge in [0.25, 0.3) is 5.91 Å². The van der Waals surface area contributed by atoms with Crippen LogP contribution in [0.15, 0.2) is 48.5 Å². The van der Waals surface area contributed by atoms with Crippen LogP contribution in [0.25, 0.3) is 0 Å². The van der Waals surface area contributed by atoms with Crippen LogP contribution in [0.3, 0.4) is 0 Å². The molecule has 5 nitrogen and oxygen atoms in total. The minimum atomic E-state index is -0.471. The van der Waals surface area contributed by atoms with E-state index in [1.165, 1.54) is 43.5 Å². The fourth-order valence-corrected chi connectivity index (χ4v) is 2.13. The molecule has 2 aromatic rings. The van der Waals surface area contributed by atoms with E-state index in [0.29, 0.717) is 16.7 Å². The van der Waals surface area contributed by atoms with E-state index in [4.69, 9.17) is 11.8 Å². The third kappa shape index (κ3) is 3.77. The molecule has 0 spiro atoms. The number of aromatic hydroxyl groups is 1. The van der Waals surface area contributed by atoms with Crippen molar-refractivity contribution in [3.63, 3.8) is 0 Å². The van der Waals surface area contributed by atoms with Crippen LogP contribution >= 0.6 is 11.8 Å². The Bertz CT molecular complexity index is 685. The third-order valence-electron chi connectivity index (χ3n) is 3.01. The van der Waals surface area contributed by atoms with Crippen molar-refractivity contribution in [2.24, 2.45) is 0 Å². The summed E-state index contributed by atoms with van der Waals surface area (Å²) < 4.78 is 5.61. The van der Waals surface area contributed by atoms with Crippen molar-refractivity contribution in [1.82, 2.24) is 4.42 Å². The summed E-state index contributed by atoms with van der Waals surface area (Å²) in [7, 11) is 1.29. The van der Waals surface area contributed by atoms with E-state index in [-0.39, 0.29) is 12.3 Å². The van der Waals surface area contributed by atoms with E-state index in [1.807, 2.05) is 0 Å². The zero-order chi connectivity index (χ0) is 16.1. The summed E-state index contributed by atoms with van der Waals surface area (Å²) in [5, 5.41) is 9.40. The Morgan fingerprint density at radius 3 is 2.36 bits per heavy atom. The summed E-state index contributed by atoms with van der Waals surface area (Å²) in [4.78, 5) is 23.5. The van der Waals surface area contributed by atoms with Crippen LogP contribution < -0.4 is 0 Å². The molecule has 0 atom stereocenters. The molecular weight excluding hydrogens is 306 g/mol. The van der Waals surface area contributed by atoms with E-state index in [0.717, 1.165) is 4.42 Å². The van der Waals surface area contributed by atoms with Gasteiger partial charge in [-0.2, -0.15) is 0 Å². The van der Waals surface area contributed by atoms with E-state index < -0.39 is 11.9 Å². The average Bonchev–Trinajstić information content (AvgIpc) is 2.53. The predicted octanol–water partition coefficient (Wildman–Crippen LogP) is 2.98. The van der Waals surface area contributed by atoms with Gasteiger partial charge in [-0.15, -0.1) is 0 Å². The first-order chi connectivity index (χ1) is 10.5. The van der Waals surface area contributed by atoms with E-state index in [9.17, 15) is 14.7 Å². The van der Waals surface area contributed by atoms with Crippen molar-refractivity contribution in [2.75, 3.05) is 7.11 Å². The van der Waals surface area contributed by atoms with E-state index >= 15 is 0 Å². The number of carbonyl (C=O) groups excluding carboxylic acids is 2. The summed E-state index contributed by atoms with van der Waals surface area (Å²) in [5.41, 5.74) is 1.41. The van der Waals surface area contributed by atoms with Crippen LogP contribution in [0.5, 0.6) is 5.75 Å². The largest absolute Gasteiger partial charge is 0.508 e. The lowest BCUT2D eigenvalue weighted by Gasteiger charge is -2.14. The van der Waals surface area contributed by atoms with E-state index in [2.05, 4.69) is 4.74 Å². The van der Waals surface area contributed by atoms with Crippen molar-refractivity contribution in [3.8, 4) is 5.75 Å². The summed E-state index contributed by atoms with van der Waals surface area (Å²) >= 11 is 5.99. The number of esters is 1. The molecule has 0 saturated heterocycles. The Kier molecular flexibility index (Phi) is 5.01. The molecule has 0 saturated carbocycles. The first-order valence-corrected chi connectivity index (χ1v) is 6.79. The van der Waals surface area contributed by atoms with Gasteiger partial charge in [-0.1, -0.05) is 12.1 Å². The molecule has 0 unspecified atom stereocenters. The summed E-state index contributed by atoms with van der Waals surface area (Å²) in [6.45, 7) is 0.146. The summed E-state index contributed by atoms with van der Waals surface area (Å²) in [6.07, 6.45) is 0. The highest BCUT2D eigenvalue weighted by molar-refractivity contribution is 6.24. The number of benzene rings is 2. The molecule has 0 aliphatic carbocycles. The van der Waals surface area contributed by atoms with Crippen molar-refractivity contribution in [1.29, 1.82) is 0 Å². The van der Waals surface area contributed by atoms with Crippen LogP contribution in [0, 0.1) is 0 Å². The van der Waals surface area contributed by atoms with E-state index in [1.54, 1.807) is 12.1 Å². The lowest BCUT2D eigenvalue weighted by molar-refractivity contribution is 0.0600. The maximum absolute atomic E-state index is 12.2. The molecule has 22 heavy (non-hydrogen) atoms. The van der Waals surface area contributed by atoms with Crippen molar-refractivity contribution < 1.29 is 19.4 Å². The van der Waals surface area contributed by atoms with Gasteiger partial charge in [0, 0.05) is 17.3 Å². The number of ether oxygens (including phenoxy) is 1. The Morgan fingerprint density at radius 1 is 1.14 bits per heavy atom. The SMILES string of the molecule is COC(=O)c1ccc(C(=O)N(Cl)Cc2cccc(O)c2)cc1. The number of carbonyl (C=O) groups is 2. The Hall–Kier alpha value is -2.53. The molecule has 0 aromatic heterocycles. The molecule has 0 heterocycles. The number of nitrogens with zero attached hydrogens (tertiary/aromatic N) is 1. The number of halogens is 1. The zero-order valence-electron chi connectivity index (χ0n) is 11.8. The fraction of sp³-hybridized carbons (Fsp3) is 0.125. The Labute approximate surface area is 132 Å². The maximum atomic E-state index is 12.2. The number of rotatable bonds is 4. The highest BCUT2D eigenvalue weighted by Gasteiger charge is 2.15. The normalized spacial score (nSPS) is 10.1. The molecule has 0 fully saturated rings. The van der Waals surface area contributed by atoms with Gasteiger partial charge in [0.05, 0.1) is 19.2 Å². The minimum absolute atomic E-state index is 0.109. The van der Waals surface area contributed by atoms with Crippen LogP contribution in [0.2, 0.25) is 0 Å². The molecule has 1 amide bonds. The van der Waals surface area contributed by atoms with Gasteiger partial charge in [-0.25, -0.2) is 9.21 Å². The number of phenolic OH excluding ortho intramolecular Hbond substituents is 1. The van der Waals surface area contributed by atoms with Crippen LogP contribution in [0.4, 0.5) is 0 Å². The van der Waals surface area contributed by atoms with Gasteiger partial charge < -0.3 is 9.84 Å². The second kappa shape index (κ2) is 6.95. The van der Waals surface area contributed by atoms with Crippen molar-refractivity contribution >= 4 is 23.7 Å². The molecule has 0 radical (unpaired) electrons. The van der Waals surface area contributed by atoms with Gasteiger partial charge in [0.2, 0.25) is 0 Å². The molecular formula is C16H14ClNO4. The standard InChI is InChI=1S/C16H14ClNO4/c1-22-16(21)13-7-5-12(6-8-13)15(20)18(17)10-11-3-2-4-14(19)9-11/h2-9,19H,10H2,1H3. The van der Waals surface area contributed by atoms with Gasteiger partial charge >= 0.3 is 5.97 Å². The topological polar surface area (TPSA) is 66.8 Å². The van der Waals surface area contributed by atoms with Gasteiger partial charge in [-0.3, -0.25) is 4.79 Å². The molecule has 2 rings (SSSR count). The van der Waals surface area contributed by atoms with Crippen LogP contribution in [0.1, 0.15) is 26.3 Å². The second-order valence-corrected chi connectivity index (χ2v) is 4.97. The monoisotopic (exact) mass is 319 g/mol. The van der Waals surface area contributed by atoms with Gasteiger partial charge in [-0.05, 0) is 42.0 Å². The average molecular weight is 320 g/mol. The second-order valence-electron chi connectivity index (χ2n) is 4.56. The first-order valence-electron chi connectivity index (χ1n) is 6.45. The predicted molar refractivity (Wildman–Crippen MR) is 81.6 cm³/mol. The highest BCUT2D eigenvalue weighted by Crippen LogP contribution is 2.16. The van der Waals surface area contributed by atoms with Crippen LogP contribution in [-0.2, 0) is 11.3 Å². The van der Waals surface area contributed by atoms with Crippen LogP contribution in [-0.4, -0.2) is 28.5 Å². The van der Waals surface area contributed by atoms with Crippen molar-refractivity contribution in [2.45, 2.75) is 6.54 Å². The Morgan fingerprint density at radius 2 is 1.77 bits per heavy atom. The lowest BCUT2D eigenvalue weighted by Crippen LogP contribution is -2.21. The first kappa shape index (κ1) is 15.9. The molecule has 6 heteroatoms. The molecule has 114 valence electrons. The quantitative estimate of drug-likeness (QED) is 0.695. The number of hydrogen-bond donors (Lipinski definition) is 1. The molecule has 2 aromatic carbocycles. The lowest BCUT2D eigenvalue weighted by atomic mass is 10.1. The Balaban J connectivity index is 2.08. The van der Waals surface area contributed by atoms with Gasteiger partial charge in [0.1, 0.15) is 5.75 Å². The summed E-state index contributed by atoms with van der Waals surface area (Å²) in [5.74, 6) is -0.764. The number of methoxy groups -OCH3 is 1. The highest BCUT2D eigenvalue weighted by atomic mass is 35.5. The molecule has 0 aliphatic heterocycles. The molecule has 1 N–H and O–H groups in total. The van der Waals surface area contributed by atoms with Crippen molar-refractivity contribution in [3.05, 3.63) is 65.2 Å². The molecule has 0 bridgehead atoms. The smallest absolute Gasteiger partial charge is 0.337 e. The number of amides is 1. The van der Waals surface area contributed by atoms with Gasteiger partial charge in [0.15, 0.2) is 0 Å². The fourth-order valence-electron chi connectivity index (χ4n) is 1.89. The number of phenols is 1. The maximum Gasteiger partial charge on any atom is 0.337 e. The zero-order valence-corrected chi connectivity index (χ0v) is 12.6. The third-order valence-corrected chi connectivity index (χ3v) is 3.28. The summed E-state index contributed by atoms with van der Waals surface area (Å²) in [6, 6.07) is 12.5.